The standard InChI is InChI=1S/C17H15BrN2O/c1-11-3-2-4-16(15(11)9-19)20-10-13-8-14(18)7-12-5-6-21-17(12)13/h2-4,7-8,20H,5-6,10H2,1H3. The minimum absolute atomic E-state index is 0.639. The molecule has 0 bridgehead atoms. The number of anilines is 1. The van der Waals surface area contributed by atoms with Gasteiger partial charge in [0, 0.05) is 23.0 Å². The van der Waals surface area contributed by atoms with Crippen molar-refractivity contribution in [2.75, 3.05) is 11.9 Å². The molecule has 0 unspecified atom stereocenters. The number of halogens is 1. The SMILES string of the molecule is Cc1cccc(NCc2cc(Br)cc3c2OCC3)c1C#N. The fourth-order valence-electron chi connectivity index (χ4n) is 2.63. The predicted molar refractivity (Wildman–Crippen MR) is 86.6 cm³/mol. The summed E-state index contributed by atoms with van der Waals surface area (Å²) in [5.74, 6) is 0.983. The molecule has 2 aromatic rings. The van der Waals surface area contributed by atoms with Crippen molar-refractivity contribution in [2.45, 2.75) is 19.9 Å². The summed E-state index contributed by atoms with van der Waals surface area (Å²) in [6, 6.07) is 12.3. The van der Waals surface area contributed by atoms with E-state index >= 15 is 0 Å². The lowest BCUT2D eigenvalue weighted by Gasteiger charge is -2.13. The first-order valence-electron chi connectivity index (χ1n) is 6.86. The third kappa shape index (κ3) is 2.74. The zero-order valence-electron chi connectivity index (χ0n) is 11.7. The van der Waals surface area contributed by atoms with Crippen LogP contribution in [0.15, 0.2) is 34.8 Å². The zero-order valence-corrected chi connectivity index (χ0v) is 13.3. The van der Waals surface area contributed by atoms with Crippen LogP contribution < -0.4 is 10.1 Å². The van der Waals surface area contributed by atoms with Gasteiger partial charge in [0.1, 0.15) is 11.8 Å². The van der Waals surface area contributed by atoms with Crippen LogP contribution in [-0.4, -0.2) is 6.61 Å². The van der Waals surface area contributed by atoms with E-state index < -0.39 is 0 Å². The predicted octanol–water partition coefficient (Wildman–Crippen LogP) is 4.18. The molecule has 0 fully saturated rings. The molecule has 0 saturated carbocycles. The van der Waals surface area contributed by atoms with Crippen LogP contribution >= 0.6 is 15.9 Å². The molecule has 106 valence electrons. The topological polar surface area (TPSA) is 45.0 Å². The Morgan fingerprint density at radius 2 is 2.24 bits per heavy atom. The average Bonchev–Trinajstić information content (AvgIpc) is 2.93. The van der Waals surface area contributed by atoms with E-state index in [0.29, 0.717) is 12.1 Å². The largest absolute Gasteiger partial charge is 0.493 e. The number of rotatable bonds is 3. The van der Waals surface area contributed by atoms with Gasteiger partial charge in [-0.3, -0.25) is 0 Å². The lowest BCUT2D eigenvalue weighted by molar-refractivity contribution is 0.354. The Morgan fingerprint density at radius 1 is 1.38 bits per heavy atom. The van der Waals surface area contributed by atoms with Crippen LogP contribution in [0, 0.1) is 18.3 Å². The third-order valence-corrected chi connectivity index (χ3v) is 4.14. The van der Waals surface area contributed by atoms with Gasteiger partial charge in [0.15, 0.2) is 0 Å². The van der Waals surface area contributed by atoms with Crippen LogP contribution in [0.4, 0.5) is 5.69 Å². The van der Waals surface area contributed by atoms with Gasteiger partial charge in [-0.05, 0) is 36.2 Å². The Morgan fingerprint density at radius 3 is 3.05 bits per heavy atom. The summed E-state index contributed by atoms with van der Waals surface area (Å²) < 4.78 is 6.79. The van der Waals surface area contributed by atoms with E-state index in [4.69, 9.17) is 4.74 Å². The normalized spacial score (nSPS) is 12.4. The second kappa shape index (κ2) is 5.79. The van der Waals surface area contributed by atoms with Crippen molar-refractivity contribution in [2.24, 2.45) is 0 Å². The quantitative estimate of drug-likeness (QED) is 0.910. The molecule has 0 radical (unpaired) electrons. The van der Waals surface area contributed by atoms with E-state index in [2.05, 4.69) is 39.4 Å². The second-order valence-electron chi connectivity index (χ2n) is 5.11. The van der Waals surface area contributed by atoms with Crippen molar-refractivity contribution in [3.05, 3.63) is 57.1 Å². The molecule has 1 aliphatic rings. The molecule has 0 aromatic heterocycles. The van der Waals surface area contributed by atoms with Gasteiger partial charge in [-0.2, -0.15) is 5.26 Å². The molecular formula is C17H15BrN2O. The molecule has 0 aliphatic carbocycles. The maximum atomic E-state index is 9.27. The first kappa shape index (κ1) is 14.0. The molecule has 3 nitrogen and oxygen atoms in total. The van der Waals surface area contributed by atoms with E-state index in [0.717, 1.165) is 40.1 Å². The average molecular weight is 343 g/mol. The van der Waals surface area contributed by atoms with Gasteiger partial charge in [-0.15, -0.1) is 0 Å². The number of benzene rings is 2. The summed E-state index contributed by atoms with van der Waals surface area (Å²) in [5, 5.41) is 12.6. The molecular weight excluding hydrogens is 328 g/mol. The van der Waals surface area contributed by atoms with Crippen molar-refractivity contribution < 1.29 is 4.74 Å². The van der Waals surface area contributed by atoms with Gasteiger partial charge in [-0.1, -0.05) is 28.1 Å². The number of hydrogen-bond acceptors (Lipinski definition) is 3. The summed E-state index contributed by atoms with van der Waals surface area (Å²) in [7, 11) is 0. The van der Waals surface area contributed by atoms with Gasteiger partial charge < -0.3 is 10.1 Å². The highest BCUT2D eigenvalue weighted by Crippen LogP contribution is 2.33. The van der Waals surface area contributed by atoms with Crippen molar-refractivity contribution in [1.29, 1.82) is 5.26 Å². The molecule has 4 heteroatoms. The summed E-state index contributed by atoms with van der Waals surface area (Å²) in [6.07, 6.45) is 0.954. The number of aryl methyl sites for hydroxylation is 1. The van der Waals surface area contributed by atoms with E-state index in [9.17, 15) is 5.26 Å². The Hall–Kier alpha value is -1.99. The highest BCUT2D eigenvalue weighted by molar-refractivity contribution is 9.10. The van der Waals surface area contributed by atoms with Crippen molar-refractivity contribution in [1.82, 2.24) is 0 Å². The second-order valence-corrected chi connectivity index (χ2v) is 6.03. The van der Waals surface area contributed by atoms with Crippen molar-refractivity contribution in [3.8, 4) is 11.8 Å². The lowest BCUT2D eigenvalue weighted by Crippen LogP contribution is -2.04. The van der Waals surface area contributed by atoms with Gasteiger partial charge in [-0.25, -0.2) is 0 Å². The molecule has 21 heavy (non-hydrogen) atoms. The number of fused-ring (bicyclic) bond motifs is 1. The van der Waals surface area contributed by atoms with Crippen LogP contribution in [0.25, 0.3) is 0 Å². The number of nitriles is 1. The molecule has 3 rings (SSSR count). The summed E-state index contributed by atoms with van der Waals surface area (Å²) in [4.78, 5) is 0. The number of nitrogens with one attached hydrogen (secondary N) is 1. The third-order valence-electron chi connectivity index (χ3n) is 3.68. The van der Waals surface area contributed by atoms with Crippen molar-refractivity contribution in [3.63, 3.8) is 0 Å². The van der Waals surface area contributed by atoms with Gasteiger partial charge in [0.25, 0.3) is 0 Å². The zero-order chi connectivity index (χ0) is 14.8. The first-order chi connectivity index (χ1) is 10.2. The van der Waals surface area contributed by atoms with Gasteiger partial charge >= 0.3 is 0 Å². The van der Waals surface area contributed by atoms with E-state index in [1.54, 1.807) is 0 Å². The monoisotopic (exact) mass is 342 g/mol. The Bertz CT molecular complexity index is 734. The highest BCUT2D eigenvalue weighted by atomic mass is 79.9. The van der Waals surface area contributed by atoms with Gasteiger partial charge in [0.05, 0.1) is 17.9 Å². The maximum absolute atomic E-state index is 9.27. The Balaban J connectivity index is 1.87. The van der Waals surface area contributed by atoms with Crippen LogP contribution in [0.5, 0.6) is 5.75 Å². The minimum atomic E-state index is 0.639. The number of nitrogens with zero attached hydrogens (tertiary/aromatic N) is 1. The van der Waals surface area contributed by atoms with Crippen molar-refractivity contribution >= 4 is 21.6 Å². The summed E-state index contributed by atoms with van der Waals surface area (Å²) in [6.45, 7) is 3.33. The molecule has 1 aliphatic heterocycles. The molecule has 0 spiro atoms. The van der Waals surface area contributed by atoms with E-state index in [1.165, 1.54) is 5.56 Å². The molecule has 0 atom stereocenters. The molecule has 0 saturated heterocycles. The van der Waals surface area contributed by atoms with Crippen LogP contribution in [-0.2, 0) is 13.0 Å². The Labute approximate surface area is 132 Å². The van der Waals surface area contributed by atoms with Crippen LogP contribution in [0.2, 0.25) is 0 Å². The molecule has 2 aromatic carbocycles. The summed E-state index contributed by atoms with van der Waals surface area (Å²) in [5.41, 5.74) is 4.90. The molecule has 1 N–H and O–H groups in total. The van der Waals surface area contributed by atoms with Crippen LogP contribution in [0.3, 0.4) is 0 Å². The molecule has 0 amide bonds. The Kier molecular flexibility index (Phi) is 3.85. The fraction of sp³-hybridized carbons (Fsp3) is 0.235. The minimum Gasteiger partial charge on any atom is -0.493 e. The maximum Gasteiger partial charge on any atom is 0.127 e. The lowest BCUT2D eigenvalue weighted by atomic mass is 10.1. The summed E-state index contributed by atoms with van der Waals surface area (Å²) >= 11 is 3.55. The highest BCUT2D eigenvalue weighted by Gasteiger charge is 2.17. The van der Waals surface area contributed by atoms with Crippen LogP contribution in [0.1, 0.15) is 22.3 Å². The smallest absolute Gasteiger partial charge is 0.127 e. The fourth-order valence-corrected chi connectivity index (χ4v) is 3.18. The first-order valence-corrected chi connectivity index (χ1v) is 7.66. The van der Waals surface area contributed by atoms with E-state index in [1.807, 2.05) is 25.1 Å². The number of hydrogen-bond donors (Lipinski definition) is 1. The molecule has 1 heterocycles. The van der Waals surface area contributed by atoms with E-state index in [-0.39, 0.29) is 0 Å². The van der Waals surface area contributed by atoms with Gasteiger partial charge in [0.2, 0.25) is 0 Å². The number of ether oxygens (including phenoxy) is 1.